The number of halogens is 2. The van der Waals surface area contributed by atoms with Crippen LogP contribution in [0.15, 0.2) is 36.5 Å². The lowest BCUT2D eigenvalue weighted by molar-refractivity contribution is 0.400. The van der Waals surface area contributed by atoms with Crippen LogP contribution in [0.2, 0.25) is 5.02 Å². The van der Waals surface area contributed by atoms with E-state index in [-0.39, 0.29) is 0 Å². The molecule has 2 aromatic heterocycles. The maximum Gasteiger partial charge on any atom is 0.239 e. The fourth-order valence-corrected chi connectivity index (χ4v) is 2.71. The van der Waals surface area contributed by atoms with Gasteiger partial charge in [-0.15, -0.1) is 11.6 Å². The highest BCUT2D eigenvalue weighted by Crippen LogP contribution is 2.28. The van der Waals surface area contributed by atoms with Gasteiger partial charge in [0.05, 0.1) is 25.2 Å². The van der Waals surface area contributed by atoms with Crippen molar-refractivity contribution < 1.29 is 4.74 Å². The predicted octanol–water partition coefficient (Wildman–Crippen LogP) is 3.88. The zero-order chi connectivity index (χ0) is 14.8. The minimum absolute atomic E-state index is 0.333. The van der Waals surface area contributed by atoms with E-state index >= 15 is 0 Å². The molecule has 108 valence electrons. The number of ether oxygens (including phenoxy) is 1. The Morgan fingerprint density at radius 3 is 2.76 bits per heavy atom. The number of rotatable bonds is 4. The molecule has 3 rings (SSSR count). The van der Waals surface area contributed by atoms with Gasteiger partial charge < -0.3 is 4.74 Å². The molecule has 0 atom stereocenters. The second kappa shape index (κ2) is 5.92. The highest BCUT2D eigenvalue weighted by molar-refractivity contribution is 6.31. The maximum absolute atomic E-state index is 6.23. The molecule has 0 aliphatic heterocycles. The second-order valence-electron chi connectivity index (χ2n) is 4.55. The topological polar surface area (TPSA) is 39.9 Å². The van der Waals surface area contributed by atoms with Gasteiger partial charge in [-0.1, -0.05) is 29.8 Å². The molecule has 0 saturated heterocycles. The lowest BCUT2D eigenvalue weighted by Crippen LogP contribution is -2.04. The number of alkyl halides is 1. The fraction of sp³-hybridized carbons (Fsp3) is 0.200. The molecule has 0 bridgehead atoms. The van der Waals surface area contributed by atoms with E-state index in [1.54, 1.807) is 13.3 Å². The van der Waals surface area contributed by atoms with E-state index in [2.05, 4.69) is 10.1 Å². The summed E-state index contributed by atoms with van der Waals surface area (Å²) < 4.78 is 7.18. The molecule has 3 aromatic rings. The summed E-state index contributed by atoms with van der Waals surface area (Å²) in [5.74, 6) is 0.863. The van der Waals surface area contributed by atoms with Crippen molar-refractivity contribution in [2.75, 3.05) is 7.11 Å². The number of benzene rings is 1. The van der Waals surface area contributed by atoms with Crippen LogP contribution >= 0.6 is 23.2 Å². The summed E-state index contributed by atoms with van der Waals surface area (Å²) in [6.45, 7) is 0.537. The molecule has 1 aromatic carbocycles. The minimum atomic E-state index is 0.333. The third-order valence-electron chi connectivity index (χ3n) is 3.30. The van der Waals surface area contributed by atoms with Crippen molar-refractivity contribution in [1.82, 2.24) is 14.8 Å². The van der Waals surface area contributed by atoms with E-state index < -0.39 is 0 Å². The molecular weight excluding hydrogens is 309 g/mol. The molecule has 0 unspecified atom stereocenters. The Morgan fingerprint density at radius 2 is 2.05 bits per heavy atom. The second-order valence-corrected chi connectivity index (χ2v) is 5.22. The van der Waals surface area contributed by atoms with E-state index in [9.17, 15) is 0 Å². The first-order chi connectivity index (χ1) is 10.2. The lowest BCUT2D eigenvalue weighted by atomic mass is 10.2. The SMILES string of the molecule is COc1nccc2c(CCl)nn(Cc3ccccc3Cl)c12. The van der Waals surface area contributed by atoms with Crippen molar-refractivity contribution in [1.29, 1.82) is 0 Å². The molecule has 0 N–H and O–H groups in total. The largest absolute Gasteiger partial charge is 0.479 e. The molecule has 0 amide bonds. The number of pyridine rings is 1. The van der Waals surface area contributed by atoms with Crippen LogP contribution in [-0.4, -0.2) is 21.9 Å². The number of aromatic nitrogens is 3. The molecule has 6 heteroatoms. The number of fused-ring (bicyclic) bond motifs is 1. The van der Waals surface area contributed by atoms with Gasteiger partial charge in [0, 0.05) is 16.6 Å². The van der Waals surface area contributed by atoms with E-state index in [0.29, 0.717) is 23.3 Å². The van der Waals surface area contributed by atoms with Gasteiger partial charge in [0.1, 0.15) is 5.52 Å². The van der Waals surface area contributed by atoms with Gasteiger partial charge in [0.2, 0.25) is 5.88 Å². The third-order valence-corrected chi connectivity index (χ3v) is 3.92. The van der Waals surface area contributed by atoms with Crippen LogP contribution in [0.4, 0.5) is 0 Å². The minimum Gasteiger partial charge on any atom is -0.479 e. The van der Waals surface area contributed by atoms with Gasteiger partial charge in [-0.3, -0.25) is 4.68 Å². The van der Waals surface area contributed by atoms with Crippen LogP contribution in [0.25, 0.3) is 10.9 Å². The van der Waals surface area contributed by atoms with E-state index in [0.717, 1.165) is 22.2 Å². The van der Waals surface area contributed by atoms with Gasteiger partial charge in [0.15, 0.2) is 0 Å². The molecule has 21 heavy (non-hydrogen) atoms. The summed E-state index contributed by atoms with van der Waals surface area (Å²) in [4.78, 5) is 4.24. The first-order valence-corrected chi connectivity index (χ1v) is 7.33. The first kappa shape index (κ1) is 14.2. The zero-order valence-electron chi connectivity index (χ0n) is 11.4. The Balaban J connectivity index is 2.16. The Labute approximate surface area is 132 Å². The summed E-state index contributed by atoms with van der Waals surface area (Å²) >= 11 is 12.2. The van der Waals surface area contributed by atoms with Gasteiger partial charge in [-0.05, 0) is 17.7 Å². The number of nitrogens with zero attached hydrogens (tertiary/aromatic N) is 3. The van der Waals surface area contributed by atoms with Crippen molar-refractivity contribution in [3.05, 3.63) is 52.8 Å². The van der Waals surface area contributed by atoms with Crippen molar-refractivity contribution in [3.63, 3.8) is 0 Å². The Kier molecular flexibility index (Phi) is 3.99. The summed E-state index contributed by atoms with van der Waals surface area (Å²) in [5.41, 5.74) is 2.62. The zero-order valence-corrected chi connectivity index (χ0v) is 12.9. The Bertz CT molecular complexity index is 786. The van der Waals surface area contributed by atoms with E-state index in [4.69, 9.17) is 27.9 Å². The monoisotopic (exact) mass is 321 g/mol. The first-order valence-electron chi connectivity index (χ1n) is 6.42. The summed E-state index contributed by atoms with van der Waals surface area (Å²) in [5, 5.41) is 6.21. The van der Waals surface area contributed by atoms with Crippen LogP contribution in [0, 0.1) is 0 Å². The molecule has 4 nitrogen and oxygen atoms in total. The van der Waals surface area contributed by atoms with Gasteiger partial charge in [-0.25, -0.2) is 4.98 Å². The highest BCUT2D eigenvalue weighted by Gasteiger charge is 2.15. The molecule has 0 aliphatic carbocycles. The van der Waals surface area contributed by atoms with E-state index in [1.807, 2.05) is 35.0 Å². The van der Waals surface area contributed by atoms with Crippen LogP contribution < -0.4 is 4.74 Å². The average molecular weight is 322 g/mol. The average Bonchev–Trinajstić information content (AvgIpc) is 2.87. The van der Waals surface area contributed by atoms with Crippen molar-refractivity contribution >= 4 is 34.1 Å². The number of hydrogen-bond acceptors (Lipinski definition) is 3. The molecule has 0 aliphatic rings. The Hall–Kier alpha value is -1.78. The molecule has 0 saturated carbocycles. The van der Waals surface area contributed by atoms with Crippen molar-refractivity contribution in [2.24, 2.45) is 0 Å². The molecule has 2 heterocycles. The number of methoxy groups -OCH3 is 1. The quantitative estimate of drug-likeness (QED) is 0.684. The third kappa shape index (κ3) is 2.57. The predicted molar refractivity (Wildman–Crippen MR) is 84.2 cm³/mol. The fourth-order valence-electron chi connectivity index (χ4n) is 2.32. The summed E-state index contributed by atoms with van der Waals surface area (Å²) in [6.07, 6.45) is 1.69. The lowest BCUT2D eigenvalue weighted by Gasteiger charge is -2.07. The van der Waals surface area contributed by atoms with Crippen molar-refractivity contribution in [2.45, 2.75) is 12.4 Å². The van der Waals surface area contributed by atoms with Crippen LogP contribution in [0.3, 0.4) is 0 Å². The smallest absolute Gasteiger partial charge is 0.239 e. The maximum atomic E-state index is 6.23. The van der Waals surface area contributed by atoms with Gasteiger partial charge in [0.25, 0.3) is 0 Å². The van der Waals surface area contributed by atoms with Crippen LogP contribution in [-0.2, 0) is 12.4 Å². The van der Waals surface area contributed by atoms with Gasteiger partial charge >= 0.3 is 0 Å². The summed E-state index contributed by atoms with van der Waals surface area (Å²) in [6, 6.07) is 9.58. The van der Waals surface area contributed by atoms with Crippen LogP contribution in [0.1, 0.15) is 11.3 Å². The molecule has 0 fully saturated rings. The van der Waals surface area contributed by atoms with Crippen LogP contribution in [0.5, 0.6) is 5.88 Å². The highest BCUT2D eigenvalue weighted by atomic mass is 35.5. The molecule has 0 spiro atoms. The molecule has 0 radical (unpaired) electrons. The Morgan fingerprint density at radius 1 is 1.24 bits per heavy atom. The number of hydrogen-bond donors (Lipinski definition) is 0. The standard InChI is InChI=1S/C15H13Cl2N3O/c1-21-15-14-11(6-7-18-15)13(8-16)19-20(14)9-10-4-2-3-5-12(10)17/h2-7H,8-9H2,1H3. The van der Waals surface area contributed by atoms with Gasteiger partial charge in [-0.2, -0.15) is 5.10 Å². The normalized spacial score (nSPS) is 11.0. The molecular formula is C15H13Cl2N3O. The summed E-state index contributed by atoms with van der Waals surface area (Å²) in [7, 11) is 1.59. The van der Waals surface area contributed by atoms with Crippen molar-refractivity contribution in [3.8, 4) is 5.88 Å². The van der Waals surface area contributed by atoms with E-state index in [1.165, 1.54) is 0 Å².